The van der Waals surface area contributed by atoms with Gasteiger partial charge in [0.05, 0.1) is 5.56 Å². The van der Waals surface area contributed by atoms with E-state index in [1.165, 1.54) is 52.0 Å². The predicted molar refractivity (Wildman–Crippen MR) is 212 cm³/mol. The molecule has 6 rings (SSSR count). The second kappa shape index (κ2) is 13.4. The zero-order valence-corrected chi connectivity index (χ0v) is 32.8. The van der Waals surface area contributed by atoms with Crippen molar-refractivity contribution in [1.82, 2.24) is 0 Å². The molecule has 0 unspecified atom stereocenters. The van der Waals surface area contributed by atoms with Gasteiger partial charge in [0.1, 0.15) is 0 Å². The summed E-state index contributed by atoms with van der Waals surface area (Å²) >= 11 is 4.52. The molecule has 0 saturated carbocycles. The van der Waals surface area contributed by atoms with Crippen molar-refractivity contribution in [3.05, 3.63) is 136 Å². The number of nitrogen functional groups attached to an aromatic ring is 1. The van der Waals surface area contributed by atoms with Crippen LogP contribution in [-0.2, 0) is 16.2 Å². The highest BCUT2D eigenvalue weighted by atomic mass is 32.2. The summed E-state index contributed by atoms with van der Waals surface area (Å²) in [5, 5.41) is 0. The summed E-state index contributed by atoms with van der Waals surface area (Å²) in [6, 6.07) is 33.0. The maximum atomic E-state index is 14.9. The third kappa shape index (κ3) is 7.35. The van der Waals surface area contributed by atoms with Gasteiger partial charge in [-0.1, -0.05) is 134 Å². The van der Waals surface area contributed by atoms with Crippen molar-refractivity contribution >= 4 is 52.5 Å². The highest BCUT2D eigenvalue weighted by molar-refractivity contribution is 8.00. The number of hydrogen-bond acceptors (Lipinski definition) is 6. The monoisotopic (exact) mass is 715 g/mol. The van der Waals surface area contributed by atoms with Gasteiger partial charge in [0.25, 0.3) is 0 Å². The molecule has 0 aliphatic heterocycles. The van der Waals surface area contributed by atoms with Crippen LogP contribution in [0, 0.1) is 0 Å². The molecule has 0 spiro atoms. The molecule has 0 aromatic heterocycles. The molecular formula is C44H45NO2S3. The van der Waals surface area contributed by atoms with E-state index < -0.39 is 0 Å². The van der Waals surface area contributed by atoms with E-state index in [-0.39, 0.29) is 27.8 Å². The number of carbonyl (C=O) groups is 2. The summed E-state index contributed by atoms with van der Waals surface area (Å²) in [5.41, 5.74) is 12.2. The van der Waals surface area contributed by atoms with Crippen LogP contribution in [0.15, 0.2) is 126 Å². The number of anilines is 1. The fourth-order valence-corrected chi connectivity index (χ4v) is 8.92. The van der Waals surface area contributed by atoms with Crippen LogP contribution in [0.1, 0.15) is 111 Å². The lowest BCUT2D eigenvalue weighted by atomic mass is 9.83. The fraction of sp³-hybridized carbons (Fsp3) is 0.273. The summed E-state index contributed by atoms with van der Waals surface area (Å²) in [4.78, 5) is 34.9. The van der Waals surface area contributed by atoms with E-state index in [4.69, 9.17) is 5.73 Å². The zero-order valence-electron chi connectivity index (χ0n) is 30.4. The Morgan fingerprint density at radius 1 is 0.380 bits per heavy atom. The molecule has 0 fully saturated rings. The van der Waals surface area contributed by atoms with E-state index in [9.17, 15) is 9.59 Å². The summed E-state index contributed by atoms with van der Waals surface area (Å²) in [6.45, 7) is 19.7. The Balaban J connectivity index is 1.46. The van der Waals surface area contributed by atoms with Crippen LogP contribution < -0.4 is 5.73 Å². The van der Waals surface area contributed by atoms with Gasteiger partial charge in [-0.15, -0.1) is 0 Å². The fourth-order valence-electron chi connectivity index (χ4n) is 6.04. The second-order valence-corrected chi connectivity index (χ2v) is 19.3. The first kappa shape index (κ1) is 36.1. The molecule has 256 valence electrons. The van der Waals surface area contributed by atoms with Crippen LogP contribution in [0.5, 0.6) is 0 Å². The van der Waals surface area contributed by atoms with E-state index >= 15 is 0 Å². The first-order chi connectivity index (χ1) is 23.4. The number of fused-ring (bicyclic) bond motifs is 2. The summed E-state index contributed by atoms with van der Waals surface area (Å²) in [5.74, 6) is -0.382. The lowest BCUT2D eigenvalue weighted by Gasteiger charge is -2.25. The van der Waals surface area contributed by atoms with Gasteiger partial charge in [-0.05, 0) is 93.6 Å². The molecule has 1 aliphatic rings. The number of benzene rings is 5. The lowest BCUT2D eigenvalue weighted by Crippen LogP contribution is -2.25. The molecule has 0 radical (unpaired) electrons. The molecule has 5 aromatic rings. The minimum atomic E-state index is -0.211. The van der Waals surface area contributed by atoms with Gasteiger partial charge in [-0.25, -0.2) is 0 Å². The van der Waals surface area contributed by atoms with Crippen molar-refractivity contribution in [2.45, 2.75) is 108 Å². The minimum Gasteiger partial charge on any atom is -0.398 e. The number of nitrogens with two attached hydrogens (primary N) is 1. The van der Waals surface area contributed by atoms with Gasteiger partial charge in [-0.2, -0.15) is 0 Å². The third-order valence-electron chi connectivity index (χ3n) is 9.08. The first-order valence-electron chi connectivity index (χ1n) is 17.0. The van der Waals surface area contributed by atoms with Crippen molar-refractivity contribution in [2.24, 2.45) is 0 Å². The second-order valence-electron chi connectivity index (χ2n) is 16.0. The summed E-state index contributed by atoms with van der Waals surface area (Å²) in [6.07, 6.45) is 0. The van der Waals surface area contributed by atoms with E-state index in [1.54, 1.807) is 6.07 Å². The van der Waals surface area contributed by atoms with Crippen LogP contribution in [0.3, 0.4) is 0 Å². The normalized spacial score (nSPS) is 13.3. The van der Waals surface area contributed by atoms with Crippen molar-refractivity contribution < 1.29 is 9.59 Å². The average Bonchev–Trinajstić information content (AvgIpc) is 3.04. The van der Waals surface area contributed by atoms with Gasteiger partial charge in [0.2, 0.25) is 0 Å². The standard InChI is InChI=1S/C44H45NO2S3/c1-42(2,3)26-10-16-29(17-11-26)48-33-23-22-32(45)36-37(33)41(47)39-35(50-31-20-14-28(15-21-31)44(7,8)9)25-24-34(38(39)40(36)46)49-30-18-12-27(13-19-30)43(4,5)6/h10-25H,45H2,1-9H3. The summed E-state index contributed by atoms with van der Waals surface area (Å²) in [7, 11) is 0. The largest absolute Gasteiger partial charge is 0.398 e. The maximum Gasteiger partial charge on any atom is 0.197 e. The van der Waals surface area contributed by atoms with Crippen molar-refractivity contribution in [1.29, 1.82) is 0 Å². The number of hydrogen-bond donors (Lipinski definition) is 1. The smallest absolute Gasteiger partial charge is 0.197 e. The van der Waals surface area contributed by atoms with Crippen LogP contribution in [-0.4, -0.2) is 11.6 Å². The topological polar surface area (TPSA) is 60.2 Å². The molecule has 3 nitrogen and oxygen atoms in total. The zero-order chi connectivity index (χ0) is 36.2. The van der Waals surface area contributed by atoms with Gasteiger partial charge in [-0.3, -0.25) is 9.59 Å². The van der Waals surface area contributed by atoms with Crippen LogP contribution in [0.25, 0.3) is 0 Å². The molecule has 0 bridgehead atoms. The Labute approximate surface area is 310 Å². The Bertz CT molecular complexity index is 2090. The number of rotatable bonds is 6. The number of carbonyl (C=O) groups excluding carboxylic acids is 2. The van der Waals surface area contributed by atoms with Crippen molar-refractivity contribution in [2.75, 3.05) is 5.73 Å². The third-order valence-corrected chi connectivity index (χ3v) is 12.3. The van der Waals surface area contributed by atoms with Gasteiger partial charge in [0, 0.05) is 51.8 Å². The molecule has 0 atom stereocenters. The van der Waals surface area contributed by atoms with E-state index in [2.05, 4.69) is 135 Å². The highest BCUT2D eigenvalue weighted by Crippen LogP contribution is 2.47. The Morgan fingerprint density at radius 3 is 0.940 bits per heavy atom. The molecule has 50 heavy (non-hydrogen) atoms. The van der Waals surface area contributed by atoms with Gasteiger partial charge >= 0.3 is 0 Å². The molecule has 0 heterocycles. The summed E-state index contributed by atoms with van der Waals surface area (Å²) < 4.78 is 0. The number of ketones is 2. The lowest BCUT2D eigenvalue weighted by molar-refractivity contribution is 0.0973. The Kier molecular flexibility index (Phi) is 9.71. The van der Waals surface area contributed by atoms with Crippen molar-refractivity contribution in [3.8, 4) is 0 Å². The molecular weight excluding hydrogens is 671 g/mol. The molecule has 6 heteroatoms. The van der Waals surface area contributed by atoms with Crippen molar-refractivity contribution in [3.63, 3.8) is 0 Å². The SMILES string of the molecule is CC(C)(C)c1ccc(Sc2ccc(N)c3c2C(=O)c2c(Sc4ccc(C(C)(C)C)cc4)ccc(Sc4ccc(C(C)(C)C)cc4)c2C3=O)cc1. The highest BCUT2D eigenvalue weighted by Gasteiger charge is 2.38. The molecule has 5 aromatic carbocycles. The van der Waals surface area contributed by atoms with E-state index in [0.717, 1.165) is 29.4 Å². The van der Waals surface area contributed by atoms with Crippen LogP contribution in [0.2, 0.25) is 0 Å². The average molecular weight is 716 g/mol. The molecule has 1 aliphatic carbocycles. The van der Waals surface area contributed by atoms with Gasteiger partial charge in [0.15, 0.2) is 11.6 Å². The quantitative estimate of drug-likeness (QED) is 0.173. The van der Waals surface area contributed by atoms with E-state index in [0.29, 0.717) is 27.9 Å². The predicted octanol–water partition coefficient (Wildman–Crippen LogP) is 12.4. The molecule has 0 saturated heterocycles. The Hall–Kier alpha value is -3.71. The van der Waals surface area contributed by atoms with E-state index in [1.807, 2.05) is 18.2 Å². The molecule has 0 amide bonds. The molecule has 2 N–H and O–H groups in total. The van der Waals surface area contributed by atoms with Gasteiger partial charge < -0.3 is 5.73 Å². The first-order valence-corrected chi connectivity index (χ1v) is 19.4. The Morgan fingerprint density at radius 2 is 0.640 bits per heavy atom. The minimum absolute atomic E-state index is 0.0273. The maximum absolute atomic E-state index is 14.9. The van der Waals surface area contributed by atoms with Crippen LogP contribution >= 0.6 is 35.3 Å². The van der Waals surface area contributed by atoms with Crippen LogP contribution in [0.4, 0.5) is 5.69 Å².